The molecule has 8 heteroatoms. The van der Waals surface area contributed by atoms with Crippen molar-refractivity contribution in [2.45, 2.75) is 0 Å². The van der Waals surface area contributed by atoms with Gasteiger partial charge in [0.25, 0.3) is 0 Å². The molecule has 0 spiro atoms. The zero-order valence-electron chi connectivity index (χ0n) is 8.51. The molecule has 4 N–H and O–H groups in total. The quantitative estimate of drug-likeness (QED) is 0.525. The summed E-state index contributed by atoms with van der Waals surface area (Å²) in [7, 11) is 0. The molecule has 8 nitrogen and oxygen atoms in total. The second-order valence-corrected chi connectivity index (χ2v) is 3.34. The molecule has 0 aromatic rings. The van der Waals surface area contributed by atoms with Gasteiger partial charge in [-0.15, -0.1) is 0 Å². The van der Waals surface area contributed by atoms with Crippen molar-refractivity contribution in [3.05, 3.63) is 0 Å². The van der Waals surface area contributed by atoms with Crippen molar-refractivity contribution in [3.63, 3.8) is 0 Å². The first-order valence-electron chi connectivity index (χ1n) is 4.68. The number of rotatable bonds is 4. The molecule has 16 heavy (non-hydrogen) atoms. The average molecular weight is 231 g/mol. The molecule has 1 aliphatic heterocycles. The largest absolute Gasteiger partial charge is 0.481 e. The first-order valence-corrected chi connectivity index (χ1v) is 4.68. The lowest BCUT2D eigenvalue weighted by atomic mass is 10.0. The van der Waals surface area contributed by atoms with Crippen molar-refractivity contribution >= 4 is 18.1 Å². The number of likely N-dealkylation sites (tertiary alicyclic amines) is 1. The maximum absolute atomic E-state index is 11.3. The molecule has 0 atom stereocenters. The molecule has 90 valence electrons. The summed E-state index contributed by atoms with van der Waals surface area (Å²) in [6.07, 6.45) is -0.899. The van der Waals surface area contributed by atoms with Gasteiger partial charge in [-0.3, -0.25) is 4.79 Å². The molecule has 1 saturated heterocycles. The molecule has 0 bridgehead atoms. The second kappa shape index (κ2) is 5.19. The van der Waals surface area contributed by atoms with Crippen LogP contribution in [0.3, 0.4) is 0 Å². The molecule has 1 heterocycles. The van der Waals surface area contributed by atoms with E-state index in [0.29, 0.717) is 0 Å². The van der Waals surface area contributed by atoms with Gasteiger partial charge in [-0.2, -0.15) is 0 Å². The number of hydrogen-bond donors (Lipinski definition) is 3. The summed E-state index contributed by atoms with van der Waals surface area (Å²) < 4.78 is 4.39. The van der Waals surface area contributed by atoms with Crippen molar-refractivity contribution < 1.29 is 24.2 Å². The number of nitrogens with zero attached hydrogens (tertiary/aromatic N) is 1. The van der Waals surface area contributed by atoms with Crippen LogP contribution in [-0.4, -0.2) is 54.3 Å². The Labute approximate surface area is 91.3 Å². The first-order chi connectivity index (χ1) is 7.50. The Morgan fingerprint density at radius 2 is 2.06 bits per heavy atom. The average Bonchev–Trinajstić information content (AvgIpc) is 2.08. The number of ether oxygens (including phenoxy) is 1. The maximum Gasteiger partial charge on any atom is 0.404 e. The van der Waals surface area contributed by atoms with E-state index in [-0.39, 0.29) is 32.3 Å². The van der Waals surface area contributed by atoms with E-state index >= 15 is 0 Å². The second-order valence-electron chi connectivity index (χ2n) is 3.34. The van der Waals surface area contributed by atoms with E-state index in [1.165, 1.54) is 4.90 Å². The standard InChI is InChI=1S/C8H13N3O5/c9-7(14)16-2-1-10-8(15)11-3-5(4-11)6(12)13/h5H,1-4H2,(H2,9,14)(H,10,15)(H,12,13). The van der Waals surface area contributed by atoms with E-state index in [2.05, 4.69) is 10.1 Å². The number of hydrogen-bond acceptors (Lipinski definition) is 4. The van der Waals surface area contributed by atoms with E-state index in [1.807, 2.05) is 0 Å². The predicted molar refractivity (Wildman–Crippen MR) is 51.6 cm³/mol. The Balaban J connectivity index is 2.09. The summed E-state index contributed by atoms with van der Waals surface area (Å²) >= 11 is 0. The van der Waals surface area contributed by atoms with Crippen LogP contribution in [0.5, 0.6) is 0 Å². The fourth-order valence-corrected chi connectivity index (χ4v) is 1.22. The topological polar surface area (TPSA) is 122 Å². The van der Waals surface area contributed by atoms with Crippen LogP contribution < -0.4 is 11.1 Å². The van der Waals surface area contributed by atoms with Crippen LogP contribution >= 0.6 is 0 Å². The van der Waals surface area contributed by atoms with Gasteiger partial charge in [-0.1, -0.05) is 0 Å². The summed E-state index contributed by atoms with van der Waals surface area (Å²) in [4.78, 5) is 33.3. The van der Waals surface area contributed by atoms with Crippen LogP contribution in [0.2, 0.25) is 0 Å². The maximum atomic E-state index is 11.3. The smallest absolute Gasteiger partial charge is 0.404 e. The van der Waals surface area contributed by atoms with Crippen LogP contribution in [0.4, 0.5) is 9.59 Å². The summed E-state index contributed by atoms with van der Waals surface area (Å²) in [5.41, 5.74) is 4.71. The van der Waals surface area contributed by atoms with Crippen molar-refractivity contribution in [3.8, 4) is 0 Å². The van der Waals surface area contributed by atoms with Crippen LogP contribution in [-0.2, 0) is 9.53 Å². The molecule has 1 fully saturated rings. The third kappa shape index (κ3) is 3.30. The highest BCUT2D eigenvalue weighted by Crippen LogP contribution is 2.14. The van der Waals surface area contributed by atoms with Gasteiger partial charge in [0.05, 0.1) is 12.5 Å². The van der Waals surface area contributed by atoms with Gasteiger partial charge in [-0.25, -0.2) is 9.59 Å². The van der Waals surface area contributed by atoms with Crippen molar-refractivity contribution in [2.75, 3.05) is 26.2 Å². The number of carbonyl (C=O) groups is 3. The van der Waals surface area contributed by atoms with E-state index in [1.54, 1.807) is 0 Å². The fraction of sp³-hybridized carbons (Fsp3) is 0.625. The summed E-state index contributed by atoms with van der Waals surface area (Å²) in [6, 6.07) is -0.370. The van der Waals surface area contributed by atoms with Gasteiger partial charge >= 0.3 is 18.1 Å². The number of amides is 3. The van der Waals surface area contributed by atoms with E-state index in [4.69, 9.17) is 10.8 Å². The molecule has 0 saturated carbocycles. The van der Waals surface area contributed by atoms with Gasteiger partial charge < -0.3 is 25.8 Å². The number of nitrogens with two attached hydrogens (primary N) is 1. The zero-order valence-corrected chi connectivity index (χ0v) is 8.51. The van der Waals surface area contributed by atoms with E-state index < -0.39 is 18.0 Å². The first kappa shape index (κ1) is 12.1. The van der Waals surface area contributed by atoms with Crippen molar-refractivity contribution in [2.24, 2.45) is 11.7 Å². The third-order valence-electron chi connectivity index (χ3n) is 2.14. The van der Waals surface area contributed by atoms with E-state index in [0.717, 1.165) is 0 Å². The summed E-state index contributed by atoms with van der Waals surface area (Å²) in [5.74, 6) is -1.38. The molecule has 0 aromatic carbocycles. The lowest BCUT2D eigenvalue weighted by Gasteiger charge is -2.36. The van der Waals surface area contributed by atoms with Crippen LogP contribution in [0.25, 0.3) is 0 Å². The minimum atomic E-state index is -0.902. The summed E-state index contributed by atoms with van der Waals surface area (Å²) in [6.45, 7) is 0.559. The number of primary amides is 1. The molecular weight excluding hydrogens is 218 g/mol. The predicted octanol–water partition coefficient (Wildman–Crippen LogP) is -1.19. The molecule has 1 rings (SSSR count). The van der Waals surface area contributed by atoms with E-state index in [9.17, 15) is 14.4 Å². The lowest BCUT2D eigenvalue weighted by molar-refractivity contribution is -0.146. The molecular formula is C8H13N3O5. The number of nitrogens with one attached hydrogen (secondary N) is 1. The molecule has 0 unspecified atom stereocenters. The Hall–Kier alpha value is -1.99. The normalized spacial score (nSPS) is 15.1. The van der Waals surface area contributed by atoms with Gasteiger partial charge in [0, 0.05) is 13.1 Å². The SMILES string of the molecule is NC(=O)OCCNC(=O)N1CC(C(=O)O)C1. The zero-order chi connectivity index (χ0) is 12.1. The highest BCUT2D eigenvalue weighted by Gasteiger charge is 2.35. The van der Waals surface area contributed by atoms with Gasteiger partial charge in [-0.05, 0) is 0 Å². The molecule has 1 aliphatic rings. The lowest BCUT2D eigenvalue weighted by Crippen LogP contribution is -2.56. The molecule has 0 radical (unpaired) electrons. The molecule has 0 aliphatic carbocycles. The summed E-state index contributed by atoms with van der Waals surface area (Å²) in [5, 5.41) is 11.0. The van der Waals surface area contributed by atoms with Crippen LogP contribution in [0.15, 0.2) is 0 Å². The van der Waals surface area contributed by atoms with Gasteiger partial charge in [0.15, 0.2) is 0 Å². The number of urea groups is 1. The Morgan fingerprint density at radius 1 is 1.44 bits per heavy atom. The van der Waals surface area contributed by atoms with Crippen molar-refractivity contribution in [1.82, 2.24) is 10.2 Å². The Kier molecular flexibility index (Phi) is 3.92. The van der Waals surface area contributed by atoms with Crippen LogP contribution in [0.1, 0.15) is 0 Å². The molecule has 0 aromatic heterocycles. The number of carboxylic acid groups (broad SMARTS) is 1. The number of carbonyl (C=O) groups excluding carboxylic acids is 2. The van der Waals surface area contributed by atoms with Gasteiger partial charge in [0.2, 0.25) is 0 Å². The minimum absolute atomic E-state index is 0.00271. The number of aliphatic carboxylic acids is 1. The highest BCUT2D eigenvalue weighted by molar-refractivity contribution is 5.79. The van der Waals surface area contributed by atoms with Crippen LogP contribution in [0, 0.1) is 5.92 Å². The molecule has 3 amide bonds. The number of carboxylic acids is 1. The monoisotopic (exact) mass is 231 g/mol. The third-order valence-corrected chi connectivity index (χ3v) is 2.14. The van der Waals surface area contributed by atoms with Crippen molar-refractivity contribution in [1.29, 1.82) is 0 Å². The Bertz CT molecular complexity index is 300. The van der Waals surface area contributed by atoms with Gasteiger partial charge in [0.1, 0.15) is 6.61 Å². The fourth-order valence-electron chi connectivity index (χ4n) is 1.22. The Morgan fingerprint density at radius 3 is 2.56 bits per heavy atom. The highest BCUT2D eigenvalue weighted by atomic mass is 16.5. The minimum Gasteiger partial charge on any atom is -0.481 e.